The van der Waals surface area contributed by atoms with Crippen molar-refractivity contribution < 1.29 is 18.7 Å². The summed E-state index contributed by atoms with van der Waals surface area (Å²) in [6.07, 6.45) is 0. The SMILES string of the molecule is COc1ccc(-n2nc(C)c(-c3ccccc3)c2NC(=O)CN(CC(C)C)C(=O)c2ccc(F)cc2)cc1. The van der Waals surface area contributed by atoms with Gasteiger partial charge in [0.2, 0.25) is 5.91 Å². The van der Waals surface area contributed by atoms with Crippen molar-refractivity contribution in [3.8, 4) is 22.6 Å². The summed E-state index contributed by atoms with van der Waals surface area (Å²) in [5, 5.41) is 7.75. The van der Waals surface area contributed by atoms with Gasteiger partial charge in [0, 0.05) is 17.7 Å². The number of nitrogens with one attached hydrogen (secondary N) is 1. The highest BCUT2D eigenvalue weighted by molar-refractivity contribution is 6.01. The molecular formula is C30H31FN4O3. The Kier molecular flexibility index (Phi) is 8.21. The summed E-state index contributed by atoms with van der Waals surface area (Å²) < 4.78 is 20.4. The van der Waals surface area contributed by atoms with Gasteiger partial charge < -0.3 is 15.0 Å². The molecule has 0 atom stereocenters. The molecule has 3 aromatic carbocycles. The Morgan fingerprint density at radius 1 is 1.00 bits per heavy atom. The molecule has 1 aromatic heterocycles. The van der Waals surface area contributed by atoms with Crippen LogP contribution in [0.4, 0.5) is 10.2 Å². The second kappa shape index (κ2) is 11.7. The minimum Gasteiger partial charge on any atom is -0.497 e. The van der Waals surface area contributed by atoms with E-state index in [2.05, 4.69) is 5.32 Å². The maximum absolute atomic E-state index is 13.4. The van der Waals surface area contributed by atoms with Crippen LogP contribution < -0.4 is 10.1 Å². The number of benzene rings is 3. The van der Waals surface area contributed by atoms with E-state index in [9.17, 15) is 14.0 Å². The van der Waals surface area contributed by atoms with Gasteiger partial charge >= 0.3 is 0 Å². The number of hydrogen-bond acceptors (Lipinski definition) is 4. The number of nitrogens with zero attached hydrogens (tertiary/aromatic N) is 3. The fraction of sp³-hybridized carbons (Fsp3) is 0.233. The lowest BCUT2D eigenvalue weighted by atomic mass is 10.1. The van der Waals surface area contributed by atoms with E-state index in [4.69, 9.17) is 9.84 Å². The molecule has 0 radical (unpaired) electrons. The van der Waals surface area contributed by atoms with Gasteiger partial charge in [0.25, 0.3) is 5.91 Å². The number of aromatic nitrogens is 2. The Hall–Kier alpha value is -4.46. The van der Waals surface area contributed by atoms with Crippen LogP contribution in [0.5, 0.6) is 5.75 Å². The number of anilines is 1. The van der Waals surface area contributed by atoms with E-state index < -0.39 is 5.82 Å². The predicted molar refractivity (Wildman–Crippen MR) is 146 cm³/mol. The van der Waals surface area contributed by atoms with Crippen LogP contribution in [-0.4, -0.2) is 46.7 Å². The van der Waals surface area contributed by atoms with E-state index in [0.717, 1.165) is 22.5 Å². The van der Waals surface area contributed by atoms with Crippen molar-refractivity contribution in [1.82, 2.24) is 14.7 Å². The van der Waals surface area contributed by atoms with Crippen LogP contribution >= 0.6 is 0 Å². The van der Waals surface area contributed by atoms with Crippen LogP contribution in [0.15, 0.2) is 78.9 Å². The first-order chi connectivity index (χ1) is 18.3. The minimum atomic E-state index is -0.426. The molecule has 8 heteroatoms. The van der Waals surface area contributed by atoms with Gasteiger partial charge in [0.05, 0.1) is 18.5 Å². The number of ether oxygens (including phenoxy) is 1. The summed E-state index contributed by atoms with van der Waals surface area (Å²) in [4.78, 5) is 28.1. The van der Waals surface area contributed by atoms with Gasteiger partial charge in [-0.15, -0.1) is 0 Å². The highest BCUT2D eigenvalue weighted by Crippen LogP contribution is 2.33. The Balaban J connectivity index is 1.68. The Bertz CT molecular complexity index is 1400. The topological polar surface area (TPSA) is 76.5 Å². The molecule has 1 heterocycles. The fourth-order valence-corrected chi connectivity index (χ4v) is 4.28. The fourth-order valence-electron chi connectivity index (χ4n) is 4.28. The molecule has 0 unspecified atom stereocenters. The van der Waals surface area contributed by atoms with Crippen LogP contribution in [0, 0.1) is 18.7 Å². The molecule has 0 aliphatic carbocycles. The van der Waals surface area contributed by atoms with Gasteiger partial charge in [0.1, 0.15) is 23.9 Å². The number of carbonyl (C=O) groups excluding carboxylic acids is 2. The van der Waals surface area contributed by atoms with Crippen molar-refractivity contribution >= 4 is 17.6 Å². The second-order valence-electron chi connectivity index (χ2n) is 9.42. The van der Waals surface area contributed by atoms with Crippen molar-refractivity contribution in [1.29, 1.82) is 0 Å². The molecule has 2 amide bonds. The molecule has 0 aliphatic rings. The van der Waals surface area contributed by atoms with Gasteiger partial charge in [-0.1, -0.05) is 44.2 Å². The zero-order chi connectivity index (χ0) is 27.2. The largest absolute Gasteiger partial charge is 0.497 e. The van der Waals surface area contributed by atoms with Crippen molar-refractivity contribution in [2.24, 2.45) is 5.92 Å². The molecule has 0 saturated heterocycles. The van der Waals surface area contributed by atoms with Crippen LogP contribution in [0.1, 0.15) is 29.9 Å². The zero-order valence-corrected chi connectivity index (χ0v) is 21.9. The average Bonchev–Trinajstić information content (AvgIpc) is 3.23. The first kappa shape index (κ1) is 26.6. The molecule has 0 bridgehead atoms. The lowest BCUT2D eigenvalue weighted by Gasteiger charge is -2.24. The molecule has 4 rings (SSSR count). The van der Waals surface area contributed by atoms with E-state index in [1.807, 2.05) is 75.4 Å². The number of hydrogen-bond donors (Lipinski definition) is 1. The lowest BCUT2D eigenvalue weighted by molar-refractivity contribution is -0.117. The van der Waals surface area contributed by atoms with Crippen LogP contribution in [0.25, 0.3) is 16.8 Å². The predicted octanol–water partition coefficient (Wildman–Crippen LogP) is 5.73. The zero-order valence-electron chi connectivity index (χ0n) is 21.9. The number of rotatable bonds is 9. The summed E-state index contributed by atoms with van der Waals surface area (Å²) in [5.74, 6) is 0.201. The quantitative estimate of drug-likeness (QED) is 0.309. The average molecular weight is 515 g/mol. The molecule has 0 aliphatic heterocycles. The maximum Gasteiger partial charge on any atom is 0.254 e. The molecule has 7 nitrogen and oxygen atoms in total. The third-order valence-corrected chi connectivity index (χ3v) is 6.00. The molecular weight excluding hydrogens is 483 g/mol. The Labute approximate surface area is 221 Å². The van der Waals surface area contributed by atoms with Gasteiger partial charge in [-0.3, -0.25) is 9.59 Å². The van der Waals surface area contributed by atoms with Crippen molar-refractivity contribution in [2.45, 2.75) is 20.8 Å². The number of methoxy groups -OCH3 is 1. The smallest absolute Gasteiger partial charge is 0.254 e. The molecule has 0 fully saturated rings. The van der Waals surface area contributed by atoms with E-state index >= 15 is 0 Å². The van der Waals surface area contributed by atoms with E-state index in [-0.39, 0.29) is 24.3 Å². The number of aryl methyl sites for hydroxylation is 1. The van der Waals surface area contributed by atoms with Crippen molar-refractivity contribution in [3.05, 3.63) is 95.9 Å². The third-order valence-electron chi connectivity index (χ3n) is 6.00. The standard InChI is InChI=1S/C30H31FN4O3/c1-20(2)18-34(30(37)23-10-12-24(31)13-11-23)19-27(36)32-29-28(22-8-6-5-7-9-22)21(3)33-35(29)25-14-16-26(38-4)17-15-25/h5-17,20H,18-19H2,1-4H3,(H,32,36). The Morgan fingerprint density at radius 2 is 1.66 bits per heavy atom. The normalized spacial score (nSPS) is 10.9. The summed E-state index contributed by atoms with van der Waals surface area (Å²) in [6.45, 7) is 6.03. The van der Waals surface area contributed by atoms with Crippen LogP contribution in [-0.2, 0) is 4.79 Å². The first-order valence-corrected chi connectivity index (χ1v) is 12.4. The lowest BCUT2D eigenvalue weighted by Crippen LogP contribution is -2.40. The Morgan fingerprint density at radius 3 is 2.26 bits per heavy atom. The maximum atomic E-state index is 13.4. The summed E-state index contributed by atoms with van der Waals surface area (Å²) in [6, 6.07) is 22.4. The molecule has 0 saturated carbocycles. The molecule has 4 aromatic rings. The highest BCUT2D eigenvalue weighted by atomic mass is 19.1. The third kappa shape index (κ3) is 6.08. The summed E-state index contributed by atoms with van der Waals surface area (Å²) in [7, 11) is 1.60. The molecule has 1 N–H and O–H groups in total. The van der Waals surface area contributed by atoms with Crippen molar-refractivity contribution in [2.75, 3.05) is 25.5 Å². The van der Waals surface area contributed by atoms with E-state index in [1.54, 1.807) is 11.8 Å². The van der Waals surface area contributed by atoms with Crippen molar-refractivity contribution in [3.63, 3.8) is 0 Å². The first-order valence-electron chi connectivity index (χ1n) is 12.4. The number of amides is 2. The monoisotopic (exact) mass is 514 g/mol. The van der Waals surface area contributed by atoms with Gasteiger partial charge in [-0.05, 0) is 66.9 Å². The van der Waals surface area contributed by atoms with Gasteiger partial charge in [-0.2, -0.15) is 5.10 Å². The van der Waals surface area contributed by atoms with E-state index in [1.165, 1.54) is 29.2 Å². The highest BCUT2D eigenvalue weighted by Gasteiger charge is 2.24. The summed E-state index contributed by atoms with van der Waals surface area (Å²) >= 11 is 0. The number of carbonyl (C=O) groups is 2. The van der Waals surface area contributed by atoms with Crippen LogP contribution in [0.2, 0.25) is 0 Å². The van der Waals surface area contributed by atoms with E-state index in [0.29, 0.717) is 23.7 Å². The van der Waals surface area contributed by atoms with Crippen LogP contribution in [0.3, 0.4) is 0 Å². The molecule has 196 valence electrons. The molecule has 0 spiro atoms. The number of halogens is 1. The summed E-state index contributed by atoms with van der Waals surface area (Å²) in [5.41, 5.74) is 3.50. The van der Waals surface area contributed by atoms with Gasteiger partial charge in [0.15, 0.2) is 0 Å². The second-order valence-corrected chi connectivity index (χ2v) is 9.42. The minimum absolute atomic E-state index is 0.124. The molecule has 38 heavy (non-hydrogen) atoms. The van der Waals surface area contributed by atoms with Gasteiger partial charge in [-0.25, -0.2) is 9.07 Å².